The molecule has 15 heavy (non-hydrogen) atoms. The molecule has 0 aliphatic carbocycles. The van der Waals surface area contributed by atoms with E-state index in [1.54, 1.807) is 0 Å². The van der Waals surface area contributed by atoms with Crippen molar-refractivity contribution >= 4 is 0 Å². The Morgan fingerprint density at radius 3 is 2.13 bits per heavy atom. The lowest BCUT2D eigenvalue weighted by Gasteiger charge is -2.29. The maximum absolute atomic E-state index is 6.12. The van der Waals surface area contributed by atoms with Crippen molar-refractivity contribution < 1.29 is 4.74 Å². The molecule has 0 fully saturated rings. The monoisotopic (exact) mass is 207 g/mol. The van der Waals surface area contributed by atoms with Crippen LogP contribution in [0, 0.1) is 0 Å². The quantitative estimate of drug-likeness (QED) is 0.827. The van der Waals surface area contributed by atoms with Gasteiger partial charge in [0.25, 0.3) is 0 Å². The highest BCUT2D eigenvalue weighted by molar-refractivity contribution is 5.19. The van der Waals surface area contributed by atoms with Gasteiger partial charge < -0.3 is 10.5 Å². The summed E-state index contributed by atoms with van der Waals surface area (Å²) in [6, 6.07) is 9.99. The molecule has 2 atom stereocenters. The minimum absolute atomic E-state index is 0.0207. The predicted molar refractivity (Wildman–Crippen MR) is 63.7 cm³/mol. The molecule has 1 aromatic carbocycles. The van der Waals surface area contributed by atoms with Crippen LogP contribution in [0.15, 0.2) is 30.3 Å². The maximum atomic E-state index is 6.12. The lowest BCUT2D eigenvalue weighted by atomic mass is 10.0. The van der Waals surface area contributed by atoms with E-state index in [0.717, 1.165) is 5.56 Å². The number of hydrogen-bond donors (Lipinski definition) is 1. The van der Waals surface area contributed by atoms with Crippen LogP contribution in [0.1, 0.15) is 39.3 Å². The molecule has 0 aliphatic rings. The molecule has 2 nitrogen and oxygen atoms in total. The lowest BCUT2D eigenvalue weighted by Crippen LogP contribution is -2.33. The summed E-state index contributed by atoms with van der Waals surface area (Å²) in [5, 5.41) is 0. The molecule has 0 aromatic heterocycles. The first-order valence-electron chi connectivity index (χ1n) is 5.38. The Morgan fingerprint density at radius 1 is 1.13 bits per heavy atom. The molecule has 1 rings (SSSR count). The van der Waals surface area contributed by atoms with Gasteiger partial charge in [-0.05, 0) is 33.3 Å². The van der Waals surface area contributed by atoms with E-state index in [-0.39, 0.29) is 17.7 Å². The number of ether oxygens (including phenoxy) is 1. The van der Waals surface area contributed by atoms with Crippen LogP contribution in [0.5, 0.6) is 0 Å². The smallest absolute Gasteiger partial charge is 0.0746 e. The molecule has 2 unspecified atom stereocenters. The van der Waals surface area contributed by atoms with Gasteiger partial charge in [0.1, 0.15) is 0 Å². The highest BCUT2D eigenvalue weighted by atomic mass is 16.5. The Labute approximate surface area is 92.4 Å². The van der Waals surface area contributed by atoms with E-state index in [1.807, 2.05) is 58.0 Å². The molecule has 0 bridgehead atoms. The summed E-state index contributed by atoms with van der Waals surface area (Å²) < 4.78 is 5.83. The summed E-state index contributed by atoms with van der Waals surface area (Å²) >= 11 is 0. The van der Waals surface area contributed by atoms with Crippen LogP contribution in [0.3, 0.4) is 0 Å². The van der Waals surface area contributed by atoms with Crippen LogP contribution in [-0.4, -0.2) is 11.7 Å². The highest BCUT2D eigenvalue weighted by Crippen LogP contribution is 2.20. The van der Waals surface area contributed by atoms with Gasteiger partial charge in [-0.25, -0.2) is 0 Å². The van der Waals surface area contributed by atoms with E-state index < -0.39 is 0 Å². The molecule has 0 heterocycles. The Morgan fingerprint density at radius 2 is 1.67 bits per heavy atom. The normalized spacial score (nSPS) is 16.1. The van der Waals surface area contributed by atoms with Gasteiger partial charge in [0.15, 0.2) is 0 Å². The van der Waals surface area contributed by atoms with Crippen molar-refractivity contribution in [1.82, 2.24) is 0 Å². The number of hydrogen-bond acceptors (Lipinski definition) is 2. The summed E-state index contributed by atoms with van der Waals surface area (Å²) in [4.78, 5) is 0. The molecule has 2 heteroatoms. The molecule has 0 radical (unpaired) electrons. The SMILES string of the molecule is CC(OC(C)(C)C)C(N)c1ccccc1. The zero-order valence-corrected chi connectivity index (χ0v) is 10.0. The zero-order chi connectivity index (χ0) is 11.5. The molecule has 0 saturated heterocycles. The van der Waals surface area contributed by atoms with E-state index in [4.69, 9.17) is 10.5 Å². The Hall–Kier alpha value is -0.860. The van der Waals surface area contributed by atoms with Gasteiger partial charge in [0, 0.05) is 0 Å². The third-order valence-electron chi connectivity index (χ3n) is 2.23. The van der Waals surface area contributed by atoms with Crippen molar-refractivity contribution in [3.63, 3.8) is 0 Å². The van der Waals surface area contributed by atoms with E-state index in [1.165, 1.54) is 0 Å². The van der Waals surface area contributed by atoms with Crippen LogP contribution in [0.2, 0.25) is 0 Å². The van der Waals surface area contributed by atoms with Crippen molar-refractivity contribution in [2.24, 2.45) is 5.73 Å². The number of benzene rings is 1. The van der Waals surface area contributed by atoms with Gasteiger partial charge in [-0.1, -0.05) is 30.3 Å². The second kappa shape index (κ2) is 4.77. The molecular formula is C13H21NO. The second-order valence-corrected chi connectivity index (χ2v) is 4.87. The number of rotatable bonds is 3. The Kier molecular flexibility index (Phi) is 3.89. The summed E-state index contributed by atoms with van der Waals surface area (Å²) in [5.41, 5.74) is 7.09. The van der Waals surface area contributed by atoms with Gasteiger partial charge in [-0.15, -0.1) is 0 Å². The van der Waals surface area contributed by atoms with Crippen LogP contribution in [0.4, 0.5) is 0 Å². The van der Waals surface area contributed by atoms with E-state index in [9.17, 15) is 0 Å². The fraction of sp³-hybridized carbons (Fsp3) is 0.538. The molecule has 84 valence electrons. The van der Waals surface area contributed by atoms with Crippen molar-refractivity contribution in [3.05, 3.63) is 35.9 Å². The molecule has 0 aliphatic heterocycles. The molecule has 1 aromatic rings. The summed E-state index contributed by atoms with van der Waals surface area (Å²) in [7, 11) is 0. The number of nitrogens with two attached hydrogens (primary N) is 1. The van der Waals surface area contributed by atoms with Crippen LogP contribution >= 0.6 is 0 Å². The standard InChI is InChI=1S/C13H21NO/c1-10(15-13(2,3)4)12(14)11-8-6-5-7-9-11/h5-10,12H,14H2,1-4H3. The summed E-state index contributed by atoms with van der Waals surface area (Å²) in [6.45, 7) is 8.15. The highest BCUT2D eigenvalue weighted by Gasteiger charge is 2.21. The molecular weight excluding hydrogens is 186 g/mol. The topological polar surface area (TPSA) is 35.2 Å². The van der Waals surface area contributed by atoms with Crippen molar-refractivity contribution in [2.45, 2.75) is 45.4 Å². The van der Waals surface area contributed by atoms with Crippen LogP contribution < -0.4 is 5.73 Å². The van der Waals surface area contributed by atoms with E-state index in [2.05, 4.69) is 0 Å². The molecule has 0 saturated carbocycles. The fourth-order valence-corrected chi connectivity index (χ4v) is 1.58. The summed E-state index contributed by atoms with van der Waals surface area (Å²) in [5.74, 6) is 0. The van der Waals surface area contributed by atoms with Gasteiger partial charge in [-0.2, -0.15) is 0 Å². The zero-order valence-electron chi connectivity index (χ0n) is 10.0. The third-order valence-corrected chi connectivity index (χ3v) is 2.23. The maximum Gasteiger partial charge on any atom is 0.0746 e. The first-order valence-corrected chi connectivity index (χ1v) is 5.38. The minimum atomic E-state index is -0.147. The third kappa shape index (κ3) is 4.02. The second-order valence-electron chi connectivity index (χ2n) is 4.87. The molecule has 0 amide bonds. The molecule has 2 N–H and O–H groups in total. The average Bonchev–Trinajstić information content (AvgIpc) is 2.15. The first kappa shape index (κ1) is 12.2. The predicted octanol–water partition coefficient (Wildman–Crippen LogP) is 2.89. The average molecular weight is 207 g/mol. The van der Waals surface area contributed by atoms with Crippen LogP contribution in [0.25, 0.3) is 0 Å². The van der Waals surface area contributed by atoms with Gasteiger partial charge in [-0.3, -0.25) is 0 Å². The Bertz CT molecular complexity index is 289. The van der Waals surface area contributed by atoms with Crippen molar-refractivity contribution in [1.29, 1.82) is 0 Å². The van der Waals surface area contributed by atoms with E-state index in [0.29, 0.717) is 0 Å². The molecule has 0 spiro atoms. The van der Waals surface area contributed by atoms with E-state index >= 15 is 0 Å². The fourth-order valence-electron chi connectivity index (χ4n) is 1.58. The minimum Gasteiger partial charge on any atom is -0.371 e. The summed E-state index contributed by atoms with van der Waals surface area (Å²) in [6.07, 6.45) is 0.0207. The Balaban J connectivity index is 2.65. The first-order chi connectivity index (χ1) is 6.90. The van der Waals surface area contributed by atoms with Crippen molar-refractivity contribution in [2.75, 3.05) is 0 Å². The largest absolute Gasteiger partial charge is 0.371 e. The van der Waals surface area contributed by atoms with Gasteiger partial charge in [0.2, 0.25) is 0 Å². The van der Waals surface area contributed by atoms with Gasteiger partial charge in [0.05, 0.1) is 17.7 Å². The lowest BCUT2D eigenvalue weighted by molar-refractivity contribution is -0.0617. The van der Waals surface area contributed by atoms with Crippen molar-refractivity contribution in [3.8, 4) is 0 Å². The van der Waals surface area contributed by atoms with Gasteiger partial charge >= 0.3 is 0 Å². The van der Waals surface area contributed by atoms with Crippen LogP contribution in [-0.2, 0) is 4.74 Å².